The molecule has 2 rings (SSSR count). The number of nitrogens with one attached hydrogen (secondary N) is 1. The van der Waals surface area contributed by atoms with Gasteiger partial charge in [0, 0.05) is 38.0 Å². The number of rotatable bonds is 6. The van der Waals surface area contributed by atoms with Gasteiger partial charge in [0.05, 0.1) is 11.8 Å². The van der Waals surface area contributed by atoms with Crippen LogP contribution in [0.5, 0.6) is 0 Å². The van der Waals surface area contributed by atoms with Crippen LogP contribution >= 0.6 is 0 Å². The fraction of sp³-hybridized carbons (Fsp3) is 0.769. The highest BCUT2D eigenvalue weighted by atomic mass is 16.5. The van der Waals surface area contributed by atoms with Crippen molar-refractivity contribution in [2.45, 2.75) is 52.3 Å². The van der Waals surface area contributed by atoms with E-state index in [2.05, 4.69) is 30.5 Å². The van der Waals surface area contributed by atoms with Crippen molar-refractivity contribution in [2.24, 2.45) is 0 Å². The molecule has 1 aliphatic heterocycles. The molecule has 1 saturated heterocycles. The summed E-state index contributed by atoms with van der Waals surface area (Å²) < 4.78 is 7.62. The van der Waals surface area contributed by atoms with Gasteiger partial charge in [0.15, 0.2) is 0 Å². The van der Waals surface area contributed by atoms with Gasteiger partial charge >= 0.3 is 0 Å². The van der Waals surface area contributed by atoms with Gasteiger partial charge in [-0.15, -0.1) is 0 Å². The normalized spacial score (nSPS) is 20.0. The van der Waals surface area contributed by atoms with E-state index in [9.17, 15) is 0 Å². The van der Waals surface area contributed by atoms with Crippen molar-refractivity contribution >= 4 is 0 Å². The van der Waals surface area contributed by atoms with E-state index in [1.165, 1.54) is 18.4 Å². The summed E-state index contributed by atoms with van der Waals surface area (Å²) in [6.07, 6.45) is 6.10. The standard InChI is InChI=1S/C13H23N3O/c1-3-6-16-10-12(11(2)15-16)8-14-9-13-5-4-7-17-13/h10,13-14H,3-9H2,1-2H3/t13-/m1/s1. The lowest BCUT2D eigenvalue weighted by Crippen LogP contribution is -2.25. The second-order valence-corrected chi connectivity index (χ2v) is 4.77. The van der Waals surface area contributed by atoms with E-state index < -0.39 is 0 Å². The van der Waals surface area contributed by atoms with E-state index in [1.54, 1.807) is 0 Å². The first-order chi connectivity index (χ1) is 8.29. The quantitative estimate of drug-likeness (QED) is 0.821. The van der Waals surface area contributed by atoms with Crippen molar-refractivity contribution in [1.82, 2.24) is 15.1 Å². The van der Waals surface area contributed by atoms with Crippen molar-refractivity contribution in [3.05, 3.63) is 17.5 Å². The molecule has 1 atom stereocenters. The third kappa shape index (κ3) is 3.54. The number of nitrogens with zero attached hydrogens (tertiary/aromatic N) is 2. The van der Waals surface area contributed by atoms with Gasteiger partial charge in [0.2, 0.25) is 0 Å². The molecule has 4 nitrogen and oxygen atoms in total. The van der Waals surface area contributed by atoms with E-state index in [0.29, 0.717) is 6.10 Å². The van der Waals surface area contributed by atoms with Crippen LogP contribution in [0.1, 0.15) is 37.4 Å². The zero-order chi connectivity index (χ0) is 12.1. The van der Waals surface area contributed by atoms with E-state index in [1.807, 2.05) is 4.68 Å². The van der Waals surface area contributed by atoms with Crippen molar-refractivity contribution in [3.8, 4) is 0 Å². The molecule has 0 radical (unpaired) electrons. The van der Waals surface area contributed by atoms with Gasteiger partial charge < -0.3 is 10.1 Å². The highest BCUT2D eigenvalue weighted by molar-refractivity contribution is 5.15. The van der Waals surface area contributed by atoms with E-state index >= 15 is 0 Å². The highest BCUT2D eigenvalue weighted by Crippen LogP contribution is 2.11. The van der Waals surface area contributed by atoms with Crippen molar-refractivity contribution in [1.29, 1.82) is 0 Å². The molecule has 0 spiro atoms. The molecule has 1 fully saturated rings. The molecule has 96 valence electrons. The van der Waals surface area contributed by atoms with Gasteiger partial charge in [0.1, 0.15) is 0 Å². The summed E-state index contributed by atoms with van der Waals surface area (Å²) in [6.45, 7) is 8.04. The van der Waals surface area contributed by atoms with Gasteiger partial charge in [0.25, 0.3) is 0 Å². The van der Waals surface area contributed by atoms with Crippen LogP contribution in [0.25, 0.3) is 0 Å². The maximum atomic E-state index is 5.58. The molecule has 17 heavy (non-hydrogen) atoms. The molecule has 0 saturated carbocycles. The van der Waals surface area contributed by atoms with Crippen LogP contribution in [-0.2, 0) is 17.8 Å². The number of hydrogen-bond donors (Lipinski definition) is 1. The van der Waals surface area contributed by atoms with Gasteiger partial charge in [-0.2, -0.15) is 5.10 Å². The predicted octanol–water partition coefficient (Wildman–Crippen LogP) is 1.87. The molecule has 0 bridgehead atoms. The minimum Gasteiger partial charge on any atom is -0.377 e. The molecule has 0 unspecified atom stereocenters. The smallest absolute Gasteiger partial charge is 0.0700 e. The fourth-order valence-corrected chi connectivity index (χ4v) is 2.25. The zero-order valence-corrected chi connectivity index (χ0v) is 10.9. The van der Waals surface area contributed by atoms with Gasteiger partial charge in [-0.25, -0.2) is 0 Å². The summed E-state index contributed by atoms with van der Waals surface area (Å²) in [6, 6.07) is 0. The third-order valence-electron chi connectivity index (χ3n) is 3.21. The third-order valence-corrected chi connectivity index (χ3v) is 3.21. The Bertz CT molecular complexity index is 342. The molecular weight excluding hydrogens is 214 g/mol. The zero-order valence-electron chi connectivity index (χ0n) is 10.9. The first kappa shape index (κ1) is 12.6. The minimum absolute atomic E-state index is 0.418. The van der Waals surface area contributed by atoms with Crippen LogP contribution < -0.4 is 5.32 Å². The summed E-state index contributed by atoms with van der Waals surface area (Å²) in [7, 11) is 0. The minimum atomic E-state index is 0.418. The Balaban J connectivity index is 1.77. The van der Waals surface area contributed by atoms with Crippen molar-refractivity contribution in [3.63, 3.8) is 0 Å². The van der Waals surface area contributed by atoms with Crippen LogP contribution in [0.2, 0.25) is 0 Å². The summed E-state index contributed by atoms with van der Waals surface area (Å²) in [5, 5.41) is 7.96. The highest BCUT2D eigenvalue weighted by Gasteiger charge is 2.14. The summed E-state index contributed by atoms with van der Waals surface area (Å²) in [5.74, 6) is 0. The lowest BCUT2D eigenvalue weighted by atomic mass is 10.2. The molecule has 0 aromatic carbocycles. The second kappa shape index (κ2) is 6.17. The van der Waals surface area contributed by atoms with E-state index in [4.69, 9.17) is 4.74 Å². The predicted molar refractivity (Wildman–Crippen MR) is 67.9 cm³/mol. The maximum absolute atomic E-state index is 5.58. The Kier molecular flexibility index (Phi) is 4.57. The average molecular weight is 237 g/mol. The van der Waals surface area contributed by atoms with E-state index in [0.717, 1.165) is 38.4 Å². The van der Waals surface area contributed by atoms with Crippen LogP contribution in [0.4, 0.5) is 0 Å². The van der Waals surface area contributed by atoms with Crippen LogP contribution in [0.15, 0.2) is 6.20 Å². The molecular formula is C13H23N3O. The van der Waals surface area contributed by atoms with Gasteiger partial charge in [-0.3, -0.25) is 4.68 Å². The number of ether oxygens (including phenoxy) is 1. The lowest BCUT2D eigenvalue weighted by Gasteiger charge is -2.09. The Morgan fingerprint density at radius 3 is 3.18 bits per heavy atom. The van der Waals surface area contributed by atoms with Crippen LogP contribution in [0.3, 0.4) is 0 Å². The Morgan fingerprint density at radius 2 is 2.47 bits per heavy atom. The number of hydrogen-bond acceptors (Lipinski definition) is 3. The number of aryl methyl sites for hydroxylation is 2. The average Bonchev–Trinajstić information content (AvgIpc) is 2.90. The first-order valence-electron chi connectivity index (χ1n) is 6.65. The molecule has 1 N–H and O–H groups in total. The summed E-state index contributed by atoms with van der Waals surface area (Å²) in [5.41, 5.74) is 2.44. The van der Waals surface area contributed by atoms with Gasteiger partial charge in [-0.1, -0.05) is 6.92 Å². The number of aromatic nitrogens is 2. The monoisotopic (exact) mass is 237 g/mol. The molecule has 0 aliphatic carbocycles. The second-order valence-electron chi connectivity index (χ2n) is 4.77. The lowest BCUT2D eigenvalue weighted by molar-refractivity contribution is 0.110. The molecule has 1 aliphatic rings. The molecule has 2 heterocycles. The Hall–Kier alpha value is -0.870. The summed E-state index contributed by atoms with van der Waals surface area (Å²) in [4.78, 5) is 0. The first-order valence-corrected chi connectivity index (χ1v) is 6.65. The Labute approximate surface area is 103 Å². The fourth-order valence-electron chi connectivity index (χ4n) is 2.25. The van der Waals surface area contributed by atoms with Crippen LogP contribution in [-0.4, -0.2) is 29.0 Å². The molecule has 1 aromatic heterocycles. The van der Waals surface area contributed by atoms with E-state index in [-0.39, 0.29) is 0 Å². The van der Waals surface area contributed by atoms with Crippen LogP contribution in [0, 0.1) is 6.92 Å². The van der Waals surface area contributed by atoms with Gasteiger partial charge in [-0.05, 0) is 26.2 Å². The topological polar surface area (TPSA) is 39.1 Å². The molecule has 4 heteroatoms. The molecule has 1 aromatic rings. The van der Waals surface area contributed by atoms with Crippen molar-refractivity contribution < 1.29 is 4.74 Å². The largest absolute Gasteiger partial charge is 0.377 e. The molecule has 0 amide bonds. The SMILES string of the molecule is CCCn1cc(CNC[C@H]2CCCO2)c(C)n1. The maximum Gasteiger partial charge on any atom is 0.0700 e. The summed E-state index contributed by atoms with van der Waals surface area (Å²) >= 11 is 0. The van der Waals surface area contributed by atoms with Crippen molar-refractivity contribution in [2.75, 3.05) is 13.2 Å². The Morgan fingerprint density at radius 1 is 1.59 bits per heavy atom.